The number of aromatic nitrogens is 1. The van der Waals surface area contributed by atoms with Crippen LogP contribution in [0, 0.1) is 6.92 Å². The molecule has 1 aromatic heterocycles. The molecule has 0 aliphatic carbocycles. The molecule has 6 heteroatoms. The summed E-state index contributed by atoms with van der Waals surface area (Å²) < 4.78 is 25.1. The maximum absolute atomic E-state index is 12.5. The summed E-state index contributed by atoms with van der Waals surface area (Å²) in [6, 6.07) is 0.978. The molecule has 1 heterocycles. The molecule has 1 aromatic rings. The molecule has 0 aliphatic heterocycles. The summed E-state index contributed by atoms with van der Waals surface area (Å²) in [5, 5.41) is 8.91. The van der Waals surface area contributed by atoms with E-state index >= 15 is 0 Å². The zero-order valence-corrected chi connectivity index (χ0v) is 9.38. The maximum Gasteiger partial charge on any atom is 0.337 e. The van der Waals surface area contributed by atoms with Gasteiger partial charge in [-0.2, -0.15) is 0 Å². The van der Waals surface area contributed by atoms with Gasteiger partial charge in [-0.05, 0) is 13.0 Å². The Labute approximate surface area is 93.3 Å². The molecule has 0 aliphatic rings. The van der Waals surface area contributed by atoms with E-state index in [-0.39, 0.29) is 27.8 Å². The van der Waals surface area contributed by atoms with Gasteiger partial charge in [0, 0.05) is 10.9 Å². The van der Waals surface area contributed by atoms with Crippen molar-refractivity contribution in [2.75, 3.05) is 0 Å². The Morgan fingerprint density at radius 1 is 1.67 bits per heavy atom. The maximum atomic E-state index is 12.5. The second kappa shape index (κ2) is 4.65. The molecule has 0 saturated heterocycles. The second-order valence-electron chi connectivity index (χ2n) is 2.90. The predicted molar refractivity (Wildman–Crippen MR) is 53.5 cm³/mol. The van der Waals surface area contributed by atoms with Crippen molar-refractivity contribution in [2.24, 2.45) is 0 Å². The number of carboxylic acids is 1. The lowest BCUT2D eigenvalue weighted by Gasteiger charge is -2.09. The number of aryl methyl sites for hydroxylation is 1. The Bertz CT molecular complexity index is 396. The fourth-order valence-electron chi connectivity index (χ4n) is 1.18. The van der Waals surface area contributed by atoms with Crippen LogP contribution in [0.4, 0.5) is 8.78 Å². The van der Waals surface area contributed by atoms with Crippen LogP contribution in [0.1, 0.15) is 33.7 Å². The van der Waals surface area contributed by atoms with Crippen molar-refractivity contribution < 1.29 is 18.7 Å². The number of aromatic carboxylic acids is 1. The number of carbonyl (C=O) groups is 1. The van der Waals surface area contributed by atoms with E-state index in [9.17, 15) is 13.6 Å². The first kappa shape index (κ1) is 12.0. The van der Waals surface area contributed by atoms with Gasteiger partial charge in [0.1, 0.15) is 0 Å². The largest absolute Gasteiger partial charge is 0.478 e. The summed E-state index contributed by atoms with van der Waals surface area (Å²) in [6.07, 6.45) is -2.72. The van der Waals surface area contributed by atoms with Crippen molar-refractivity contribution in [3.8, 4) is 0 Å². The molecule has 0 saturated carbocycles. The van der Waals surface area contributed by atoms with Gasteiger partial charge in [0.25, 0.3) is 6.43 Å². The summed E-state index contributed by atoms with van der Waals surface area (Å²) in [6.45, 7) is 1.48. The summed E-state index contributed by atoms with van der Waals surface area (Å²) in [7, 11) is 0. The van der Waals surface area contributed by atoms with Crippen LogP contribution < -0.4 is 0 Å². The van der Waals surface area contributed by atoms with E-state index in [1.165, 1.54) is 6.92 Å². The normalized spacial score (nSPS) is 10.7. The topological polar surface area (TPSA) is 50.2 Å². The van der Waals surface area contributed by atoms with Gasteiger partial charge in [0.15, 0.2) is 0 Å². The number of nitrogens with zero attached hydrogens (tertiary/aromatic N) is 1. The lowest BCUT2D eigenvalue weighted by molar-refractivity contribution is 0.0695. The Balaban J connectivity index is 3.37. The highest BCUT2D eigenvalue weighted by atomic mass is 79.9. The lowest BCUT2D eigenvalue weighted by Crippen LogP contribution is -2.07. The third-order valence-corrected chi connectivity index (χ3v) is 2.45. The number of pyridine rings is 1. The summed E-state index contributed by atoms with van der Waals surface area (Å²) >= 11 is 3.03. The van der Waals surface area contributed by atoms with Crippen LogP contribution in [0.3, 0.4) is 0 Å². The molecule has 0 aromatic carbocycles. The minimum atomic E-state index is -2.72. The Kier molecular flexibility index (Phi) is 3.73. The van der Waals surface area contributed by atoms with E-state index in [1.54, 1.807) is 0 Å². The van der Waals surface area contributed by atoms with Crippen LogP contribution in [-0.4, -0.2) is 16.1 Å². The standard InChI is InChI=1S/C9H8BrF2NO2/c1-4-5(9(14)15)2-6(8(11)12)7(3-10)13-4/h2,8H,3H2,1H3,(H,14,15). The van der Waals surface area contributed by atoms with E-state index in [4.69, 9.17) is 5.11 Å². The minimum absolute atomic E-state index is 0.174. The van der Waals surface area contributed by atoms with Gasteiger partial charge in [-0.1, -0.05) is 15.9 Å². The molecule has 0 atom stereocenters. The predicted octanol–water partition coefficient (Wildman–Crippen LogP) is 2.92. The van der Waals surface area contributed by atoms with E-state index in [0.29, 0.717) is 0 Å². The zero-order chi connectivity index (χ0) is 11.6. The lowest BCUT2D eigenvalue weighted by atomic mass is 10.1. The molecule has 0 spiro atoms. The molecule has 1 N–H and O–H groups in total. The van der Waals surface area contributed by atoms with Crippen LogP contribution >= 0.6 is 15.9 Å². The van der Waals surface area contributed by atoms with Crippen molar-refractivity contribution in [1.82, 2.24) is 4.98 Å². The molecule has 15 heavy (non-hydrogen) atoms. The molecule has 0 radical (unpaired) electrons. The first-order valence-electron chi connectivity index (χ1n) is 4.05. The molecule has 0 bridgehead atoms. The van der Waals surface area contributed by atoms with Crippen molar-refractivity contribution in [3.05, 3.63) is 28.6 Å². The van der Waals surface area contributed by atoms with E-state index < -0.39 is 12.4 Å². The van der Waals surface area contributed by atoms with Gasteiger partial charge in [0.05, 0.1) is 17.0 Å². The van der Waals surface area contributed by atoms with Crippen LogP contribution in [0.15, 0.2) is 6.07 Å². The van der Waals surface area contributed by atoms with Crippen LogP contribution in [-0.2, 0) is 5.33 Å². The fraction of sp³-hybridized carbons (Fsp3) is 0.333. The third kappa shape index (κ3) is 2.50. The number of hydrogen-bond acceptors (Lipinski definition) is 2. The molecule has 3 nitrogen and oxygen atoms in total. The molecular formula is C9H8BrF2NO2. The van der Waals surface area contributed by atoms with Crippen molar-refractivity contribution in [2.45, 2.75) is 18.7 Å². The Hall–Kier alpha value is -1.04. The first-order chi connectivity index (χ1) is 6.97. The van der Waals surface area contributed by atoms with Gasteiger partial charge in [-0.25, -0.2) is 13.6 Å². The van der Waals surface area contributed by atoms with Crippen molar-refractivity contribution in [3.63, 3.8) is 0 Å². The van der Waals surface area contributed by atoms with Gasteiger partial charge < -0.3 is 5.11 Å². The van der Waals surface area contributed by atoms with E-state index in [2.05, 4.69) is 20.9 Å². The molecule has 0 amide bonds. The summed E-state index contributed by atoms with van der Waals surface area (Å²) in [4.78, 5) is 14.5. The average molecular weight is 280 g/mol. The molecule has 1 rings (SSSR count). The zero-order valence-electron chi connectivity index (χ0n) is 7.80. The highest BCUT2D eigenvalue weighted by Crippen LogP contribution is 2.25. The van der Waals surface area contributed by atoms with Gasteiger partial charge in [-0.3, -0.25) is 4.98 Å². The Morgan fingerprint density at radius 2 is 2.27 bits per heavy atom. The van der Waals surface area contributed by atoms with Gasteiger partial charge in [0.2, 0.25) is 0 Å². The van der Waals surface area contributed by atoms with E-state index in [1.807, 2.05) is 0 Å². The highest BCUT2D eigenvalue weighted by Gasteiger charge is 2.18. The molecule has 82 valence electrons. The number of hydrogen-bond donors (Lipinski definition) is 1. The average Bonchev–Trinajstić information content (AvgIpc) is 2.16. The third-order valence-electron chi connectivity index (χ3n) is 1.92. The number of rotatable bonds is 3. The number of alkyl halides is 3. The highest BCUT2D eigenvalue weighted by molar-refractivity contribution is 9.08. The molecular weight excluding hydrogens is 272 g/mol. The first-order valence-corrected chi connectivity index (χ1v) is 5.17. The van der Waals surface area contributed by atoms with Crippen LogP contribution in [0.2, 0.25) is 0 Å². The van der Waals surface area contributed by atoms with Crippen molar-refractivity contribution in [1.29, 1.82) is 0 Å². The monoisotopic (exact) mass is 279 g/mol. The van der Waals surface area contributed by atoms with Crippen LogP contribution in [0.5, 0.6) is 0 Å². The second-order valence-corrected chi connectivity index (χ2v) is 3.46. The quantitative estimate of drug-likeness (QED) is 0.866. The Morgan fingerprint density at radius 3 is 2.67 bits per heavy atom. The van der Waals surface area contributed by atoms with Crippen molar-refractivity contribution >= 4 is 21.9 Å². The molecule has 0 fully saturated rings. The summed E-state index contributed by atoms with van der Waals surface area (Å²) in [5.74, 6) is -1.25. The minimum Gasteiger partial charge on any atom is -0.478 e. The van der Waals surface area contributed by atoms with Crippen LogP contribution in [0.25, 0.3) is 0 Å². The smallest absolute Gasteiger partial charge is 0.337 e. The summed E-state index contributed by atoms with van der Waals surface area (Å²) in [5.41, 5.74) is -0.112. The number of halogens is 3. The van der Waals surface area contributed by atoms with Gasteiger partial charge in [-0.15, -0.1) is 0 Å². The number of carboxylic acid groups (broad SMARTS) is 1. The fourth-order valence-corrected chi connectivity index (χ4v) is 1.63. The van der Waals surface area contributed by atoms with Gasteiger partial charge >= 0.3 is 5.97 Å². The molecule has 0 unspecified atom stereocenters. The van der Waals surface area contributed by atoms with E-state index in [0.717, 1.165) is 6.07 Å². The SMILES string of the molecule is Cc1nc(CBr)c(C(F)F)cc1C(=O)O.